The van der Waals surface area contributed by atoms with Gasteiger partial charge in [0.25, 0.3) is 0 Å². The first-order valence-electron chi connectivity index (χ1n) is 8.34. The van der Waals surface area contributed by atoms with Gasteiger partial charge in [0.05, 0.1) is 17.8 Å². The molecule has 1 aliphatic heterocycles. The van der Waals surface area contributed by atoms with E-state index in [4.69, 9.17) is 0 Å². The average molecular weight is 324 g/mol. The van der Waals surface area contributed by atoms with Gasteiger partial charge in [-0.25, -0.2) is 4.68 Å². The molecule has 2 fully saturated rings. The van der Waals surface area contributed by atoms with Crippen molar-refractivity contribution in [1.82, 2.24) is 14.7 Å². The van der Waals surface area contributed by atoms with E-state index < -0.39 is 0 Å². The molecule has 1 saturated carbocycles. The Bertz CT molecular complexity index is 780. The van der Waals surface area contributed by atoms with E-state index in [1.807, 2.05) is 42.2 Å². The number of aryl methyl sites for hydroxylation is 1. The number of hydrogen-bond donors (Lipinski definition) is 1. The summed E-state index contributed by atoms with van der Waals surface area (Å²) in [6.45, 7) is 2.45. The minimum Gasteiger partial charge on any atom is -0.339 e. The molecule has 24 heavy (non-hydrogen) atoms. The number of carbonyl (C=O) groups excluding carboxylic acids is 2. The maximum absolute atomic E-state index is 12.7. The maximum Gasteiger partial charge on any atom is 0.230 e. The molecule has 1 unspecified atom stereocenters. The Morgan fingerprint density at radius 2 is 2.00 bits per heavy atom. The van der Waals surface area contributed by atoms with Gasteiger partial charge in [-0.15, -0.1) is 0 Å². The minimum absolute atomic E-state index is 0.103. The highest BCUT2D eigenvalue weighted by atomic mass is 16.2. The second-order valence-corrected chi connectivity index (χ2v) is 6.59. The number of aromatic nitrogens is 2. The van der Waals surface area contributed by atoms with Crippen LogP contribution in [-0.4, -0.2) is 39.1 Å². The molecule has 0 spiro atoms. The molecular formula is C18H20N4O2. The molecule has 2 aliphatic rings. The van der Waals surface area contributed by atoms with Gasteiger partial charge in [0.15, 0.2) is 0 Å². The number of nitrogens with zero attached hydrogens (tertiary/aromatic N) is 3. The average Bonchev–Trinajstić information content (AvgIpc) is 3.27. The number of rotatable bonds is 4. The van der Waals surface area contributed by atoms with Crippen LogP contribution in [0.3, 0.4) is 0 Å². The molecule has 1 N–H and O–H groups in total. The van der Waals surface area contributed by atoms with Gasteiger partial charge in [-0.1, -0.05) is 18.2 Å². The number of para-hydroxylation sites is 1. The quantitative estimate of drug-likeness (QED) is 0.937. The van der Waals surface area contributed by atoms with Crippen molar-refractivity contribution in [2.24, 2.45) is 5.92 Å². The van der Waals surface area contributed by atoms with Crippen LogP contribution < -0.4 is 5.32 Å². The highest BCUT2D eigenvalue weighted by Crippen LogP contribution is 2.33. The summed E-state index contributed by atoms with van der Waals surface area (Å²) in [6, 6.07) is 10.1. The molecule has 4 rings (SSSR count). The SMILES string of the molecule is Cc1cnn(-c2ccccc2)c1NC(=O)C1CC(=O)N(C2CC2)C1. The van der Waals surface area contributed by atoms with Crippen LogP contribution in [0.15, 0.2) is 36.5 Å². The van der Waals surface area contributed by atoms with Crippen LogP contribution >= 0.6 is 0 Å². The van der Waals surface area contributed by atoms with Crippen molar-refractivity contribution in [3.63, 3.8) is 0 Å². The fraction of sp³-hybridized carbons (Fsp3) is 0.389. The van der Waals surface area contributed by atoms with E-state index in [-0.39, 0.29) is 17.7 Å². The Morgan fingerprint density at radius 1 is 1.25 bits per heavy atom. The van der Waals surface area contributed by atoms with Gasteiger partial charge in [0.2, 0.25) is 11.8 Å². The number of carbonyl (C=O) groups is 2. The van der Waals surface area contributed by atoms with Crippen molar-refractivity contribution < 1.29 is 9.59 Å². The Kier molecular flexibility index (Phi) is 3.59. The highest BCUT2D eigenvalue weighted by molar-refractivity contribution is 5.97. The van der Waals surface area contributed by atoms with Gasteiger partial charge < -0.3 is 10.2 Å². The van der Waals surface area contributed by atoms with Crippen molar-refractivity contribution in [3.05, 3.63) is 42.1 Å². The van der Waals surface area contributed by atoms with Crippen molar-refractivity contribution >= 4 is 17.6 Å². The molecule has 2 aromatic rings. The fourth-order valence-electron chi connectivity index (χ4n) is 3.21. The zero-order valence-electron chi connectivity index (χ0n) is 13.6. The molecule has 124 valence electrons. The first-order valence-corrected chi connectivity index (χ1v) is 8.34. The molecule has 2 heterocycles. The number of nitrogens with one attached hydrogen (secondary N) is 1. The van der Waals surface area contributed by atoms with Gasteiger partial charge >= 0.3 is 0 Å². The molecule has 1 atom stereocenters. The summed E-state index contributed by atoms with van der Waals surface area (Å²) in [5.41, 5.74) is 1.79. The predicted octanol–water partition coefficient (Wildman–Crippen LogP) is 2.13. The second kappa shape index (κ2) is 5.78. The molecular weight excluding hydrogens is 304 g/mol. The van der Waals surface area contributed by atoms with Crippen LogP contribution in [-0.2, 0) is 9.59 Å². The van der Waals surface area contributed by atoms with Crippen molar-refractivity contribution in [2.45, 2.75) is 32.2 Å². The third-order valence-electron chi connectivity index (χ3n) is 4.71. The van der Waals surface area contributed by atoms with Crippen LogP contribution in [0.1, 0.15) is 24.8 Å². The second-order valence-electron chi connectivity index (χ2n) is 6.59. The van der Waals surface area contributed by atoms with Gasteiger partial charge in [0, 0.05) is 24.6 Å². The van der Waals surface area contributed by atoms with Gasteiger partial charge in [-0.3, -0.25) is 9.59 Å². The number of amides is 2. The molecule has 1 aliphatic carbocycles. The Morgan fingerprint density at radius 3 is 2.71 bits per heavy atom. The molecule has 1 aromatic heterocycles. The van der Waals surface area contributed by atoms with Crippen molar-refractivity contribution in [1.29, 1.82) is 0 Å². The van der Waals surface area contributed by atoms with E-state index in [1.165, 1.54) is 0 Å². The first kappa shape index (κ1) is 14.9. The van der Waals surface area contributed by atoms with Crippen molar-refractivity contribution in [3.8, 4) is 5.69 Å². The summed E-state index contributed by atoms with van der Waals surface area (Å²) in [6.07, 6.45) is 4.18. The van der Waals surface area contributed by atoms with Gasteiger partial charge in [0.1, 0.15) is 5.82 Å². The molecule has 2 amide bonds. The van der Waals surface area contributed by atoms with E-state index in [2.05, 4.69) is 10.4 Å². The molecule has 1 aromatic carbocycles. The van der Waals surface area contributed by atoms with Crippen LogP contribution in [0.5, 0.6) is 0 Å². The molecule has 0 radical (unpaired) electrons. The predicted molar refractivity (Wildman–Crippen MR) is 89.8 cm³/mol. The summed E-state index contributed by atoms with van der Waals surface area (Å²) in [7, 11) is 0. The fourth-order valence-corrected chi connectivity index (χ4v) is 3.21. The van der Waals surface area contributed by atoms with E-state index >= 15 is 0 Å². The standard InChI is InChI=1S/C18H20N4O2/c1-12-10-19-22(15-5-3-2-4-6-15)17(12)20-18(24)13-9-16(23)21(11-13)14-7-8-14/h2-6,10,13-14H,7-9,11H2,1H3,(H,20,24). The highest BCUT2D eigenvalue weighted by Gasteiger charge is 2.41. The summed E-state index contributed by atoms with van der Waals surface area (Å²) < 4.78 is 1.72. The number of likely N-dealkylation sites (tertiary alicyclic amines) is 1. The zero-order valence-corrected chi connectivity index (χ0v) is 13.6. The van der Waals surface area contributed by atoms with E-state index in [0.29, 0.717) is 24.8 Å². The molecule has 6 nitrogen and oxygen atoms in total. The van der Waals surface area contributed by atoms with E-state index in [1.54, 1.807) is 10.9 Å². The lowest BCUT2D eigenvalue weighted by atomic mass is 10.1. The molecule has 6 heteroatoms. The van der Waals surface area contributed by atoms with Gasteiger partial charge in [-0.05, 0) is 31.9 Å². The zero-order chi connectivity index (χ0) is 16.7. The summed E-state index contributed by atoms with van der Waals surface area (Å²) in [4.78, 5) is 26.6. The lowest BCUT2D eigenvalue weighted by Gasteiger charge is -2.16. The third kappa shape index (κ3) is 2.68. The summed E-state index contributed by atoms with van der Waals surface area (Å²) in [5, 5.41) is 7.34. The third-order valence-corrected chi connectivity index (χ3v) is 4.71. The topological polar surface area (TPSA) is 67.2 Å². The maximum atomic E-state index is 12.7. The Hall–Kier alpha value is -2.63. The first-order chi connectivity index (χ1) is 11.6. The summed E-state index contributed by atoms with van der Waals surface area (Å²) in [5.74, 6) is 0.387. The van der Waals surface area contributed by atoms with Crippen molar-refractivity contribution in [2.75, 3.05) is 11.9 Å². The number of anilines is 1. The van der Waals surface area contributed by atoms with Gasteiger partial charge in [-0.2, -0.15) is 5.10 Å². The van der Waals surface area contributed by atoms with Crippen LogP contribution in [0.25, 0.3) is 5.69 Å². The molecule has 0 bridgehead atoms. The van der Waals surface area contributed by atoms with E-state index in [9.17, 15) is 9.59 Å². The Balaban J connectivity index is 1.52. The number of hydrogen-bond acceptors (Lipinski definition) is 3. The van der Waals surface area contributed by atoms with Crippen LogP contribution in [0.4, 0.5) is 5.82 Å². The van der Waals surface area contributed by atoms with E-state index in [0.717, 1.165) is 24.1 Å². The lowest BCUT2D eigenvalue weighted by Crippen LogP contribution is -2.30. The minimum atomic E-state index is -0.281. The Labute approximate surface area is 140 Å². The number of benzene rings is 1. The normalized spacial score (nSPS) is 20.5. The smallest absolute Gasteiger partial charge is 0.230 e. The lowest BCUT2D eigenvalue weighted by molar-refractivity contribution is -0.128. The largest absolute Gasteiger partial charge is 0.339 e. The summed E-state index contributed by atoms with van der Waals surface area (Å²) >= 11 is 0. The monoisotopic (exact) mass is 324 g/mol. The van der Waals surface area contributed by atoms with Crippen LogP contribution in [0, 0.1) is 12.8 Å². The molecule has 1 saturated heterocycles. The van der Waals surface area contributed by atoms with Crippen LogP contribution in [0.2, 0.25) is 0 Å².